The highest BCUT2D eigenvalue weighted by Crippen LogP contribution is 2.25. The zero-order valence-corrected chi connectivity index (χ0v) is 10.4. The first-order valence-electron chi connectivity index (χ1n) is 5.45. The molecule has 1 N–H and O–H groups in total. The normalized spacial score (nSPS) is 11.2. The Kier molecular flexibility index (Phi) is 3.74. The quantitative estimate of drug-likeness (QED) is 0.866. The molecule has 2 aromatic heterocycles. The molecular formula is C12H16N2OS. The molecule has 0 unspecified atom stereocenters. The molecule has 0 saturated heterocycles. The number of hydrogen-bond donors (Lipinski definition) is 1. The lowest BCUT2D eigenvalue weighted by Gasteiger charge is -2.04. The van der Waals surface area contributed by atoms with Crippen LogP contribution < -0.4 is 5.32 Å². The van der Waals surface area contributed by atoms with E-state index in [0.717, 1.165) is 23.9 Å². The minimum atomic E-state index is 0.678. The Labute approximate surface area is 99.5 Å². The molecule has 4 heteroatoms. The van der Waals surface area contributed by atoms with E-state index in [-0.39, 0.29) is 0 Å². The van der Waals surface area contributed by atoms with Crippen molar-refractivity contribution in [1.29, 1.82) is 0 Å². The number of thiazole rings is 1. The van der Waals surface area contributed by atoms with Gasteiger partial charge in [-0.05, 0) is 24.6 Å². The zero-order chi connectivity index (χ0) is 11.4. The third-order valence-electron chi connectivity index (χ3n) is 2.14. The fourth-order valence-corrected chi connectivity index (χ4v) is 2.24. The highest BCUT2D eigenvalue weighted by Gasteiger charge is 2.06. The van der Waals surface area contributed by atoms with Gasteiger partial charge < -0.3 is 9.73 Å². The Bertz CT molecular complexity index is 420. The summed E-state index contributed by atoms with van der Waals surface area (Å²) in [4.78, 5) is 5.58. The van der Waals surface area contributed by atoms with Gasteiger partial charge in [-0.15, -0.1) is 11.3 Å². The Balaban J connectivity index is 1.93. The topological polar surface area (TPSA) is 38.1 Å². The van der Waals surface area contributed by atoms with Gasteiger partial charge in [-0.2, -0.15) is 0 Å². The third-order valence-corrected chi connectivity index (χ3v) is 3.15. The van der Waals surface area contributed by atoms with E-state index >= 15 is 0 Å². The van der Waals surface area contributed by atoms with Gasteiger partial charge in [0.1, 0.15) is 0 Å². The lowest BCUT2D eigenvalue weighted by atomic mass is 10.2. The van der Waals surface area contributed by atoms with Crippen LogP contribution in [0.3, 0.4) is 0 Å². The maximum Gasteiger partial charge on any atom is 0.162 e. The van der Waals surface area contributed by atoms with E-state index in [1.165, 1.54) is 4.88 Å². The summed E-state index contributed by atoms with van der Waals surface area (Å²) in [5.41, 5.74) is 0. The Morgan fingerprint density at radius 1 is 1.50 bits per heavy atom. The summed E-state index contributed by atoms with van der Waals surface area (Å²) in [6, 6.07) is 3.82. The summed E-state index contributed by atoms with van der Waals surface area (Å²) in [5.74, 6) is 1.53. The van der Waals surface area contributed by atoms with Crippen molar-refractivity contribution in [1.82, 2.24) is 10.3 Å². The molecule has 0 saturated carbocycles. The van der Waals surface area contributed by atoms with Gasteiger partial charge in [0, 0.05) is 17.6 Å². The van der Waals surface area contributed by atoms with Crippen LogP contribution in [0.1, 0.15) is 18.7 Å². The molecular weight excluding hydrogens is 220 g/mol. The first-order chi connectivity index (χ1) is 7.75. The molecule has 0 aliphatic carbocycles. The summed E-state index contributed by atoms with van der Waals surface area (Å²) < 4.78 is 5.30. The summed E-state index contributed by atoms with van der Waals surface area (Å²) in [7, 11) is 0. The lowest BCUT2D eigenvalue weighted by Crippen LogP contribution is -2.18. The molecule has 0 fully saturated rings. The van der Waals surface area contributed by atoms with E-state index in [1.807, 2.05) is 18.3 Å². The molecule has 2 aromatic rings. The number of rotatable bonds is 5. The van der Waals surface area contributed by atoms with Crippen molar-refractivity contribution in [2.45, 2.75) is 20.4 Å². The third kappa shape index (κ3) is 2.93. The van der Waals surface area contributed by atoms with Gasteiger partial charge in [0.25, 0.3) is 0 Å². The maximum absolute atomic E-state index is 5.30. The fraction of sp³-hybridized carbons (Fsp3) is 0.417. The average molecular weight is 236 g/mol. The van der Waals surface area contributed by atoms with Crippen LogP contribution in [0, 0.1) is 5.92 Å². The van der Waals surface area contributed by atoms with Crippen LogP contribution >= 0.6 is 11.3 Å². The van der Waals surface area contributed by atoms with Gasteiger partial charge in [0.05, 0.1) is 6.26 Å². The highest BCUT2D eigenvalue weighted by atomic mass is 32.1. The average Bonchev–Trinajstić information content (AvgIpc) is 2.85. The second-order valence-corrected chi connectivity index (χ2v) is 5.25. The van der Waals surface area contributed by atoms with Gasteiger partial charge in [0.2, 0.25) is 0 Å². The standard InChI is InChI=1S/C12H16N2OS/c1-9(2)6-13-7-10-8-14-12(16-10)11-4-3-5-15-11/h3-5,8-9,13H,6-7H2,1-2H3. The largest absolute Gasteiger partial charge is 0.462 e. The van der Waals surface area contributed by atoms with Crippen molar-refractivity contribution >= 4 is 11.3 Å². The van der Waals surface area contributed by atoms with Crippen LogP contribution in [0.15, 0.2) is 29.0 Å². The first kappa shape index (κ1) is 11.4. The molecule has 0 aliphatic rings. The molecule has 0 amide bonds. The molecule has 0 bridgehead atoms. The van der Waals surface area contributed by atoms with Gasteiger partial charge in [-0.1, -0.05) is 13.8 Å². The second-order valence-electron chi connectivity index (χ2n) is 4.13. The smallest absolute Gasteiger partial charge is 0.162 e. The number of furan rings is 1. The van der Waals surface area contributed by atoms with Crippen LogP contribution in [-0.2, 0) is 6.54 Å². The predicted octanol–water partition coefficient (Wildman–Crippen LogP) is 3.15. The molecule has 0 radical (unpaired) electrons. The predicted molar refractivity (Wildman–Crippen MR) is 66.4 cm³/mol. The number of nitrogens with one attached hydrogen (secondary N) is 1. The summed E-state index contributed by atoms with van der Waals surface area (Å²) >= 11 is 1.67. The van der Waals surface area contributed by atoms with Crippen LogP contribution in [-0.4, -0.2) is 11.5 Å². The maximum atomic E-state index is 5.30. The monoisotopic (exact) mass is 236 g/mol. The van der Waals surface area contributed by atoms with Crippen molar-refractivity contribution < 1.29 is 4.42 Å². The van der Waals surface area contributed by atoms with Gasteiger partial charge in [0.15, 0.2) is 10.8 Å². The van der Waals surface area contributed by atoms with Crippen molar-refractivity contribution in [3.05, 3.63) is 29.5 Å². The van der Waals surface area contributed by atoms with E-state index in [1.54, 1.807) is 17.6 Å². The van der Waals surface area contributed by atoms with Crippen LogP contribution in [0.2, 0.25) is 0 Å². The molecule has 16 heavy (non-hydrogen) atoms. The molecule has 0 aliphatic heterocycles. The Morgan fingerprint density at radius 2 is 2.38 bits per heavy atom. The molecule has 86 valence electrons. The minimum absolute atomic E-state index is 0.678. The number of aromatic nitrogens is 1. The fourth-order valence-electron chi connectivity index (χ4n) is 1.39. The molecule has 0 atom stereocenters. The van der Waals surface area contributed by atoms with Crippen LogP contribution in [0.4, 0.5) is 0 Å². The highest BCUT2D eigenvalue weighted by molar-refractivity contribution is 7.14. The van der Waals surface area contributed by atoms with Gasteiger partial charge >= 0.3 is 0 Å². The minimum Gasteiger partial charge on any atom is -0.462 e. The zero-order valence-electron chi connectivity index (χ0n) is 9.56. The Morgan fingerprint density at radius 3 is 3.06 bits per heavy atom. The van der Waals surface area contributed by atoms with E-state index in [0.29, 0.717) is 5.92 Å². The number of hydrogen-bond acceptors (Lipinski definition) is 4. The summed E-state index contributed by atoms with van der Waals surface area (Å²) in [5, 5.41) is 4.35. The summed E-state index contributed by atoms with van der Waals surface area (Å²) in [6.45, 7) is 6.33. The van der Waals surface area contributed by atoms with Crippen molar-refractivity contribution in [2.75, 3.05) is 6.54 Å². The Hall–Kier alpha value is -1.13. The van der Waals surface area contributed by atoms with Gasteiger partial charge in [-0.3, -0.25) is 0 Å². The van der Waals surface area contributed by atoms with Crippen molar-refractivity contribution in [3.63, 3.8) is 0 Å². The van der Waals surface area contributed by atoms with Gasteiger partial charge in [-0.25, -0.2) is 4.98 Å². The molecule has 3 nitrogen and oxygen atoms in total. The SMILES string of the molecule is CC(C)CNCc1cnc(-c2ccco2)s1. The summed E-state index contributed by atoms with van der Waals surface area (Å²) in [6.07, 6.45) is 3.59. The van der Waals surface area contributed by atoms with E-state index in [4.69, 9.17) is 4.42 Å². The van der Waals surface area contributed by atoms with E-state index in [9.17, 15) is 0 Å². The van der Waals surface area contributed by atoms with E-state index in [2.05, 4.69) is 24.1 Å². The van der Waals surface area contributed by atoms with Crippen molar-refractivity contribution in [3.8, 4) is 10.8 Å². The molecule has 2 heterocycles. The lowest BCUT2D eigenvalue weighted by molar-refractivity contribution is 0.554. The molecule has 0 spiro atoms. The second kappa shape index (κ2) is 5.27. The van der Waals surface area contributed by atoms with E-state index < -0.39 is 0 Å². The number of nitrogens with zero attached hydrogens (tertiary/aromatic N) is 1. The van der Waals surface area contributed by atoms with Crippen LogP contribution in [0.25, 0.3) is 10.8 Å². The first-order valence-corrected chi connectivity index (χ1v) is 6.26. The molecule has 2 rings (SSSR count). The van der Waals surface area contributed by atoms with Crippen molar-refractivity contribution in [2.24, 2.45) is 5.92 Å². The molecule has 0 aromatic carbocycles. The van der Waals surface area contributed by atoms with Crippen LogP contribution in [0.5, 0.6) is 0 Å².